The van der Waals surface area contributed by atoms with Gasteiger partial charge in [0, 0.05) is 23.0 Å². The number of carbonyl (C=O) groups is 1. The number of carbonyl (C=O) groups excluding carboxylic acids is 1. The number of ether oxygens (including phenoxy) is 2. The third-order valence-electron chi connectivity index (χ3n) is 2.84. The SMILES string of the molecule is COC(=O)c1cc(C)ncc1-c1ccccc1OC. The van der Waals surface area contributed by atoms with E-state index in [1.807, 2.05) is 31.2 Å². The van der Waals surface area contributed by atoms with Crippen LogP contribution < -0.4 is 4.74 Å². The summed E-state index contributed by atoms with van der Waals surface area (Å²) in [6.45, 7) is 1.83. The Balaban J connectivity index is 2.65. The molecule has 0 N–H and O–H groups in total. The van der Waals surface area contributed by atoms with E-state index in [1.54, 1.807) is 19.4 Å². The number of benzene rings is 1. The maximum Gasteiger partial charge on any atom is 0.338 e. The van der Waals surface area contributed by atoms with Crippen molar-refractivity contribution in [2.24, 2.45) is 0 Å². The molecule has 1 aromatic heterocycles. The number of nitrogens with zero attached hydrogens (tertiary/aromatic N) is 1. The number of para-hydroxylation sites is 1. The minimum atomic E-state index is -0.383. The number of methoxy groups -OCH3 is 2. The summed E-state index contributed by atoms with van der Waals surface area (Å²) in [6.07, 6.45) is 1.67. The Labute approximate surface area is 112 Å². The summed E-state index contributed by atoms with van der Waals surface area (Å²) in [5.41, 5.74) is 2.77. The molecule has 0 radical (unpaired) electrons. The normalized spacial score (nSPS) is 10.1. The summed E-state index contributed by atoms with van der Waals surface area (Å²) < 4.78 is 10.1. The lowest BCUT2D eigenvalue weighted by Crippen LogP contribution is -2.05. The first-order chi connectivity index (χ1) is 9.17. The number of hydrogen-bond donors (Lipinski definition) is 0. The van der Waals surface area contributed by atoms with Crippen LogP contribution in [0.5, 0.6) is 5.75 Å². The van der Waals surface area contributed by atoms with Crippen LogP contribution in [-0.2, 0) is 4.74 Å². The maximum atomic E-state index is 11.9. The van der Waals surface area contributed by atoms with Gasteiger partial charge in [-0.2, -0.15) is 0 Å². The molecule has 0 unspecified atom stereocenters. The van der Waals surface area contributed by atoms with Gasteiger partial charge in [-0.3, -0.25) is 4.98 Å². The molecule has 19 heavy (non-hydrogen) atoms. The fraction of sp³-hybridized carbons (Fsp3) is 0.200. The summed E-state index contributed by atoms with van der Waals surface area (Å²) in [5, 5.41) is 0. The molecule has 0 atom stereocenters. The highest BCUT2D eigenvalue weighted by atomic mass is 16.5. The molecule has 0 amide bonds. The van der Waals surface area contributed by atoms with Crippen LogP contribution in [-0.4, -0.2) is 25.2 Å². The molecule has 0 saturated heterocycles. The van der Waals surface area contributed by atoms with Gasteiger partial charge >= 0.3 is 5.97 Å². The van der Waals surface area contributed by atoms with E-state index in [-0.39, 0.29) is 5.97 Å². The van der Waals surface area contributed by atoms with Crippen molar-refractivity contribution in [1.82, 2.24) is 4.98 Å². The van der Waals surface area contributed by atoms with Crippen LogP contribution in [0.3, 0.4) is 0 Å². The molecule has 2 rings (SSSR count). The van der Waals surface area contributed by atoms with Crippen LogP contribution in [0, 0.1) is 6.92 Å². The Morgan fingerprint density at radius 2 is 1.89 bits per heavy atom. The van der Waals surface area contributed by atoms with Crippen molar-refractivity contribution in [2.45, 2.75) is 6.92 Å². The molecule has 0 spiro atoms. The van der Waals surface area contributed by atoms with Crippen molar-refractivity contribution in [3.63, 3.8) is 0 Å². The van der Waals surface area contributed by atoms with Gasteiger partial charge in [-0.1, -0.05) is 18.2 Å². The molecule has 2 aromatic rings. The van der Waals surface area contributed by atoms with E-state index in [9.17, 15) is 4.79 Å². The van der Waals surface area contributed by atoms with Gasteiger partial charge in [0.2, 0.25) is 0 Å². The highest BCUT2D eigenvalue weighted by Gasteiger charge is 2.16. The molecular formula is C15H15NO3. The molecule has 1 heterocycles. The van der Waals surface area contributed by atoms with E-state index in [0.717, 1.165) is 11.3 Å². The molecule has 0 bridgehead atoms. The molecule has 4 heteroatoms. The zero-order chi connectivity index (χ0) is 13.8. The minimum Gasteiger partial charge on any atom is -0.496 e. The Morgan fingerprint density at radius 1 is 1.16 bits per heavy atom. The van der Waals surface area contributed by atoms with Crippen molar-refractivity contribution in [1.29, 1.82) is 0 Å². The van der Waals surface area contributed by atoms with E-state index in [0.29, 0.717) is 16.9 Å². The van der Waals surface area contributed by atoms with Crippen LogP contribution in [0.4, 0.5) is 0 Å². The first kappa shape index (κ1) is 13.1. The lowest BCUT2D eigenvalue weighted by atomic mass is 10.0. The summed E-state index contributed by atoms with van der Waals surface area (Å²) in [7, 11) is 2.96. The number of esters is 1. The maximum absolute atomic E-state index is 11.9. The fourth-order valence-corrected chi connectivity index (χ4v) is 1.92. The van der Waals surface area contributed by atoms with Gasteiger partial charge in [0.05, 0.1) is 19.8 Å². The van der Waals surface area contributed by atoms with E-state index in [4.69, 9.17) is 9.47 Å². The van der Waals surface area contributed by atoms with Gasteiger partial charge in [0.15, 0.2) is 0 Å². The molecule has 0 saturated carbocycles. The summed E-state index contributed by atoms with van der Waals surface area (Å²) >= 11 is 0. The predicted octanol–water partition coefficient (Wildman–Crippen LogP) is 2.85. The zero-order valence-corrected chi connectivity index (χ0v) is 11.1. The third kappa shape index (κ3) is 2.57. The minimum absolute atomic E-state index is 0.383. The number of aryl methyl sites for hydroxylation is 1. The number of pyridine rings is 1. The van der Waals surface area contributed by atoms with Crippen molar-refractivity contribution >= 4 is 5.97 Å². The molecule has 0 fully saturated rings. The second-order valence-electron chi connectivity index (χ2n) is 4.06. The van der Waals surface area contributed by atoms with Crippen LogP contribution in [0.25, 0.3) is 11.1 Å². The van der Waals surface area contributed by atoms with Crippen molar-refractivity contribution < 1.29 is 14.3 Å². The molecule has 0 aliphatic heterocycles. The molecular weight excluding hydrogens is 242 g/mol. The summed E-state index contributed by atoms with van der Waals surface area (Å²) in [6, 6.07) is 9.21. The lowest BCUT2D eigenvalue weighted by molar-refractivity contribution is 0.0601. The van der Waals surface area contributed by atoms with Crippen LogP contribution in [0.1, 0.15) is 16.1 Å². The Morgan fingerprint density at radius 3 is 2.58 bits per heavy atom. The van der Waals surface area contributed by atoms with Crippen molar-refractivity contribution in [2.75, 3.05) is 14.2 Å². The number of hydrogen-bond acceptors (Lipinski definition) is 4. The first-order valence-corrected chi connectivity index (χ1v) is 5.85. The van der Waals surface area contributed by atoms with Crippen molar-refractivity contribution in [3.8, 4) is 16.9 Å². The number of rotatable bonds is 3. The number of aromatic nitrogens is 1. The fourth-order valence-electron chi connectivity index (χ4n) is 1.92. The van der Waals surface area contributed by atoms with E-state index in [2.05, 4.69) is 4.98 Å². The highest BCUT2D eigenvalue weighted by Crippen LogP contribution is 2.32. The van der Waals surface area contributed by atoms with E-state index in [1.165, 1.54) is 7.11 Å². The largest absolute Gasteiger partial charge is 0.496 e. The smallest absolute Gasteiger partial charge is 0.338 e. The summed E-state index contributed by atoms with van der Waals surface area (Å²) in [5.74, 6) is 0.310. The van der Waals surface area contributed by atoms with Gasteiger partial charge in [-0.15, -0.1) is 0 Å². The third-order valence-corrected chi connectivity index (χ3v) is 2.84. The lowest BCUT2D eigenvalue weighted by Gasteiger charge is -2.12. The molecule has 0 aliphatic rings. The predicted molar refractivity (Wildman–Crippen MR) is 72.3 cm³/mol. The average molecular weight is 257 g/mol. The van der Waals surface area contributed by atoms with Gasteiger partial charge in [-0.25, -0.2) is 4.79 Å². The monoisotopic (exact) mass is 257 g/mol. The quantitative estimate of drug-likeness (QED) is 0.793. The van der Waals surface area contributed by atoms with Gasteiger partial charge in [0.25, 0.3) is 0 Å². The van der Waals surface area contributed by atoms with Crippen LogP contribution in [0.2, 0.25) is 0 Å². The van der Waals surface area contributed by atoms with Gasteiger partial charge in [-0.05, 0) is 19.1 Å². The van der Waals surface area contributed by atoms with E-state index < -0.39 is 0 Å². The van der Waals surface area contributed by atoms with Crippen molar-refractivity contribution in [3.05, 3.63) is 47.8 Å². The average Bonchev–Trinajstić information content (AvgIpc) is 2.46. The van der Waals surface area contributed by atoms with Crippen LogP contribution in [0.15, 0.2) is 36.5 Å². The molecule has 98 valence electrons. The van der Waals surface area contributed by atoms with E-state index >= 15 is 0 Å². The van der Waals surface area contributed by atoms with Crippen LogP contribution >= 0.6 is 0 Å². The first-order valence-electron chi connectivity index (χ1n) is 5.85. The highest BCUT2D eigenvalue weighted by molar-refractivity contribution is 5.98. The van der Waals surface area contributed by atoms with Gasteiger partial charge in [0.1, 0.15) is 5.75 Å². The van der Waals surface area contributed by atoms with Gasteiger partial charge < -0.3 is 9.47 Å². The Kier molecular flexibility index (Phi) is 3.80. The molecule has 0 aliphatic carbocycles. The second-order valence-corrected chi connectivity index (χ2v) is 4.06. The standard InChI is InChI=1S/C15H15NO3/c1-10-8-12(15(17)19-3)13(9-16-10)11-6-4-5-7-14(11)18-2/h4-9H,1-3H3. The zero-order valence-electron chi connectivity index (χ0n) is 11.1. The molecule has 1 aromatic carbocycles. The molecule has 4 nitrogen and oxygen atoms in total. The topological polar surface area (TPSA) is 48.4 Å². The Bertz CT molecular complexity index is 608. The second kappa shape index (κ2) is 5.52. The Hall–Kier alpha value is -2.36. The summed E-state index contributed by atoms with van der Waals surface area (Å²) in [4.78, 5) is 16.1.